The Hall–Kier alpha value is -2.33. The average Bonchev–Trinajstić information content (AvgIpc) is 2.47. The molecule has 0 atom stereocenters. The number of hydrogen-bond donors (Lipinski definition) is 0. The molecule has 4 nitrogen and oxygen atoms in total. The van der Waals surface area contributed by atoms with E-state index in [0.717, 1.165) is 0 Å². The van der Waals surface area contributed by atoms with Gasteiger partial charge in [0.25, 0.3) is 0 Å². The maximum absolute atomic E-state index is 12.0. The number of rotatable bonds is 3. The Bertz CT molecular complexity index is 858. The standard InChI is InChI=1S/C16H12ClNO3/c1-2-20-12-5-3-4-10(8-12)15-18-14-9-11(17)6-7-13(14)16(19)21-15/h3-9H,2H2,1H3. The number of aromatic nitrogens is 1. The van der Waals surface area contributed by atoms with Gasteiger partial charge in [-0.05, 0) is 43.3 Å². The lowest BCUT2D eigenvalue weighted by Crippen LogP contribution is -2.03. The predicted molar refractivity (Wildman–Crippen MR) is 81.9 cm³/mol. The van der Waals surface area contributed by atoms with Crippen molar-refractivity contribution in [1.29, 1.82) is 0 Å². The van der Waals surface area contributed by atoms with Gasteiger partial charge in [0.05, 0.1) is 17.5 Å². The van der Waals surface area contributed by atoms with Crippen molar-refractivity contribution in [2.75, 3.05) is 6.61 Å². The third kappa shape index (κ3) is 2.76. The van der Waals surface area contributed by atoms with Gasteiger partial charge in [0.1, 0.15) is 5.75 Å². The molecule has 0 saturated carbocycles. The quantitative estimate of drug-likeness (QED) is 0.736. The van der Waals surface area contributed by atoms with E-state index in [9.17, 15) is 4.79 Å². The minimum Gasteiger partial charge on any atom is -0.494 e. The summed E-state index contributed by atoms with van der Waals surface area (Å²) in [6.07, 6.45) is 0. The monoisotopic (exact) mass is 301 g/mol. The van der Waals surface area contributed by atoms with Crippen molar-refractivity contribution in [2.45, 2.75) is 6.92 Å². The zero-order valence-corrected chi connectivity index (χ0v) is 12.1. The van der Waals surface area contributed by atoms with Crippen molar-refractivity contribution in [3.63, 3.8) is 0 Å². The SMILES string of the molecule is CCOc1cccc(-c2nc3cc(Cl)ccc3c(=O)o2)c1. The Kier molecular flexibility index (Phi) is 3.62. The molecule has 0 N–H and O–H groups in total. The van der Waals surface area contributed by atoms with Gasteiger partial charge < -0.3 is 9.15 Å². The van der Waals surface area contributed by atoms with Gasteiger partial charge in [-0.3, -0.25) is 0 Å². The Morgan fingerprint density at radius 1 is 1.24 bits per heavy atom. The first-order chi connectivity index (χ1) is 10.2. The summed E-state index contributed by atoms with van der Waals surface area (Å²) in [5, 5.41) is 0.929. The molecule has 0 fully saturated rings. The predicted octanol–water partition coefficient (Wildman–Crippen LogP) is 3.91. The van der Waals surface area contributed by atoms with Gasteiger partial charge in [-0.1, -0.05) is 17.7 Å². The van der Waals surface area contributed by atoms with E-state index < -0.39 is 5.63 Å². The number of benzene rings is 2. The summed E-state index contributed by atoms with van der Waals surface area (Å²) in [6, 6.07) is 12.1. The molecule has 21 heavy (non-hydrogen) atoms. The minimum atomic E-state index is -0.437. The van der Waals surface area contributed by atoms with Crippen LogP contribution in [-0.2, 0) is 0 Å². The number of nitrogens with zero attached hydrogens (tertiary/aromatic N) is 1. The largest absolute Gasteiger partial charge is 0.494 e. The van der Waals surface area contributed by atoms with Crippen LogP contribution in [0.4, 0.5) is 0 Å². The van der Waals surface area contributed by atoms with Crippen LogP contribution in [-0.4, -0.2) is 11.6 Å². The van der Waals surface area contributed by atoms with E-state index >= 15 is 0 Å². The zero-order valence-electron chi connectivity index (χ0n) is 11.3. The highest BCUT2D eigenvalue weighted by Crippen LogP contribution is 2.24. The van der Waals surface area contributed by atoms with E-state index in [-0.39, 0.29) is 5.89 Å². The molecule has 0 unspecified atom stereocenters. The molecule has 5 heteroatoms. The van der Waals surface area contributed by atoms with E-state index in [4.69, 9.17) is 20.8 Å². The molecule has 0 aliphatic heterocycles. The van der Waals surface area contributed by atoms with E-state index in [1.54, 1.807) is 24.3 Å². The van der Waals surface area contributed by atoms with Crippen LogP contribution in [0.15, 0.2) is 51.7 Å². The first kappa shape index (κ1) is 13.6. The molecule has 0 bridgehead atoms. The first-order valence-corrected chi connectivity index (χ1v) is 6.89. The van der Waals surface area contributed by atoms with Crippen LogP contribution in [0.2, 0.25) is 5.02 Å². The molecule has 3 aromatic rings. The van der Waals surface area contributed by atoms with Crippen molar-refractivity contribution in [3.05, 3.63) is 57.9 Å². The average molecular weight is 302 g/mol. The summed E-state index contributed by atoms with van der Waals surface area (Å²) in [5.74, 6) is 0.946. The molecule has 1 aromatic heterocycles. The summed E-state index contributed by atoms with van der Waals surface area (Å²) < 4.78 is 10.7. The fraction of sp³-hybridized carbons (Fsp3) is 0.125. The summed E-state index contributed by atoms with van der Waals surface area (Å²) in [7, 11) is 0. The summed E-state index contributed by atoms with van der Waals surface area (Å²) in [6.45, 7) is 2.47. The summed E-state index contributed by atoms with van der Waals surface area (Å²) >= 11 is 5.94. The molecule has 0 aliphatic carbocycles. The summed E-state index contributed by atoms with van der Waals surface area (Å²) in [5.41, 5.74) is 0.754. The molecule has 2 aromatic carbocycles. The lowest BCUT2D eigenvalue weighted by Gasteiger charge is -2.05. The molecule has 0 spiro atoms. The molecule has 0 aliphatic rings. The van der Waals surface area contributed by atoms with Crippen molar-refractivity contribution < 1.29 is 9.15 Å². The van der Waals surface area contributed by atoms with Gasteiger partial charge in [0.15, 0.2) is 0 Å². The highest BCUT2D eigenvalue weighted by Gasteiger charge is 2.09. The van der Waals surface area contributed by atoms with E-state index in [0.29, 0.717) is 33.8 Å². The van der Waals surface area contributed by atoms with Crippen LogP contribution in [0, 0.1) is 0 Å². The van der Waals surface area contributed by atoms with Gasteiger partial charge in [0.2, 0.25) is 5.89 Å². The third-order valence-electron chi connectivity index (χ3n) is 2.98. The van der Waals surface area contributed by atoms with Crippen LogP contribution in [0.25, 0.3) is 22.4 Å². The van der Waals surface area contributed by atoms with E-state index in [2.05, 4.69) is 4.98 Å². The van der Waals surface area contributed by atoms with Crippen LogP contribution in [0.3, 0.4) is 0 Å². The summed E-state index contributed by atoms with van der Waals surface area (Å²) in [4.78, 5) is 16.4. The lowest BCUT2D eigenvalue weighted by molar-refractivity contribution is 0.340. The molecule has 1 heterocycles. The number of hydrogen-bond acceptors (Lipinski definition) is 4. The highest BCUT2D eigenvalue weighted by molar-refractivity contribution is 6.31. The number of ether oxygens (including phenoxy) is 1. The fourth-order valence-corrected chi connectivity index (χ4v) is 2.22. The Labute approximate surface area is 126 Å². The second-order valence-electron chi connectivity index (χ2n) is 4.43. The molecular weight excluding hydrogens is 290 g/mol. The van der Waals surface area contributed by atoms with Crippen LogP contribution in [0.5, 0.6) is 5.75 Å². The molecule has 3 rings (SSSR count). The minimum absolute atomic E-state index is 0.247. The van der Waals surface area contributed by atoms with Crippen LogP contribution in [0.1, 0.15) is 6.92 Å². The fourth-order valence-electron chi connectivity index (χ4n) is 2.05. The van der Waals surface area contributed by atoms with E-state index in [1.807, 2.05) is 25.1 Å². The Morgan fingerprint density at radius 3 is 2.90 bits per heavy atom. The molecule has 0 saturated heterocycles. The van der Waals surface area contributed by atoms with Crippen LogP contribution >= 0.6 is 11.6 Å². The number of fused-ring (bicyclic) bond motifs is 1. The van der Waals surface area contributed by atoms with Crippen molar-refractivity contribution in [1.82, 2.24) is 4.98 Å². The first-order valence-electron chi connectivity index (χ1n) is 6.51. The maximum Gasteiger partial charge on any atom is 0.347 e. The van der Waals surface area contributed by atoms with Crippen LogP contribution < -0.4 is 10.4 Å². The smallest absolute Gasteiger partial charge is 0.347 e. The second kappa shape index (κ2) is 5.58. The second-order valence-corrected chi connectivity index (χ2v) is 4.87. The van der Waals surface area contributed by atoms with Crippen molar-refractivity contribution in [3.8, 4) is 17.2 Å². The van der Waals surface area contributed by atoms with Gasteiger partial charge in [0, 0.05) is 10.6 Å². The van der Waals surface area contributed by atoms with Crippen molar-refractivity contribution in [2.24, 2.45) is 0 Å². The van der Waals surface area contributed by atoms with Gasteiger partial charge in [-0.2, -0.15) is 0 Å². The zero-order chi connectivity index (χ0) is 14.8. The van der Waals surface area contributed by atoms with Gasteiger partial charge in [-0.25, -0.2) is 9.78 Å². The number of halogens is 1. The third-order valence-corrected chi connectivity index (χ3v) is 3.22. The topological polar surface area (TPSA) is 52.3 Å². The molecule has 0 amide bonds. The maximum atomic E-state index is 12.0. The Morgan fingerprint density at radius 2 is 2.10 bits per heavy atom. The molecule has 106 valence electrons. The van der Waals surface area contributed by atoms with E-state index in [1.165, 1.54) is 0 Å². The lowest BCUT2D eigenvalue weighted by atomic mass is 10.2. The molecular formula is C16H12ClNO3. The Balaban J connectivity index is 2.16. The highest BCUT2D eigenvalue weighted by atomic mass is 35.5. The van der Waals surface area contributed by atoms with Crippen molar-refractivity contribution >= 4 is 22.5 Å². The normalized spacial score (nSPS) is 10.8. The van der Waals surface area contributed by atoms with Gasteiger partial charge in [-0.15, -0.1) is 0 Å². The molecule has 0 radical (unpaired) electrons. The van der Waals surface area contributed by atoms with Gasteiger partial charge >= 0.3 is 5.63 Å².